The number of carboxylic acid groups (broad SMARTS) is 1. The van der Waals surface area contributed by atoms with Crippen LogP contribution in [0.1, 0.15) is 94.9 Å². The first-order valence-electron chi connectivity index (χ1n) is 36.6. The number of thioether (sulfide) groups is 1. The van der Waals surface area contributed by atoms with Crippen LogP contribution in [0.15, 0.2) is 73.3 Å². The molecule has 0 aliphatic carbocycles. The number of benzene rings is 2. The van der Waals surface area contributed by atoms with Crippen molar-refractivity contribution in [2.75, 3.05) is 44.8 Å². The minimum atomic E-state index is -2.08. The van der Waals surface area contributed by atoms with Crippen LogP contribution >= 0.6 is 11.8 Å². The van der Waals surface area contributed by atoms with Gasteiger partial charge in [0, 0.05) is 55.6 Å². The summed E-state index contributed by atoms with van der Waals surface area (Å²) < 4.78 is 0. The van der Waals surface area contributed by atoms with Gasteiger partial charge in [0.2, 0.25) is 82.7 Å². The van der Waals surface area contributed by atoms with E-state index in [9.17, 15) is 92.3 Å². The van der Waals surface area contributed by atoms with E-state index in [4.69, 9.17) is 45.2 Å². The van der Waals surface area contributed by atoms with Crippen molar-refractivity contribution in [2.24, 2.45) is 34.4 Å². The average Bonchev–Trinajstić information content (AvgIpc) is 1.71. The van der Waals surface area contributed by atoms with E-state index in [1.54, 1.807) is 67.0 Å². The fraction of sp³-hybridized carbons (Fsp3) is 0.514. The Hall–Kier alpha value is -12.1. The van der Waals surface area contributed by atoms with E-state index in [0.717, 1.165) is 13.8 Å². The summed E-state index contributed by atoms with van der Waals surface area (Å²) in [5.41, 5.74) is 34.9. The quantitative estimate of drug-likeness (QED) is 0.0111. The summed E-state index contributed by atoms with van der Waals surface area (Å²) in [6, 6.07) is -5.34. The molecule has 0 saturated carbocycles. The third-order valence-electron chi connectivity index (χ3n) is 17.5. The fourth-order valence-electron chi connectivity index (χ4n) is 11.5. The first-order valence-corrected chi connectivity index (χ1v) is 38.0. The summed E-state index contributed by atoms with van der Waals surface area (Å²) in [4.78, 5) is 217. The van der Waals surface area contributed by atoms with Gasteiger partial charge in [0.05, 0.1) is 50.2 Å². The Morgan fingerprint density at radius 3 is 1.34 bits per heavy atom. The summed E-state index contributed by atoms with van der Waals surface area (Å²) in [5, 5.41) is 91.4. The maximum Gasteiger partial charge on any atom is 0.328 e. The topological polar surface area (TPSA) is 754 Å². The van der Waals surface area contributed by atoms with Crippen LogP contribution in [0.4, 0.5) is 0 Å². The van der Waals surface area contributed by atoms with Gasteiger partial charge in [-0.1, -0.05) is 48.5 Å². The lowest BCUT2D eigenvalue weighted by Crippen LogP contribution is -2.63. The number of primary amides is 2. The number of aromatic amines is 2. The molecule has 0 aliphatic rings. The number of carboxylic acids is 1. The van der Waals surface area contributed by atoms with Crippen LogP contribution in [0.3, 0.4) is 0 Å². The Bertz CT molecular complexity index is 3970. The van der Waals surface area contributed by atoms with Crippen LogP contribution in [0, 0.1) is 10.8 Å². The lowest BCUT2D eigenvalue weighted by Gasteiger charge is -2.29. The number of nitrogens with zero attached hydrogens (tertiary/aromatic N) is 1. The molecule has 44 nitrogen and oxygen atoms in total. The first kappa shape index (κ1) is 95.3. The highest BCUT2D eigenvalue weighted by atomic mass is 32.2. The maximum atomic E-state index is 15.0. The van der Waals surface area contributed by atoms with Gasteiger partial charge in [-0.25, -0.2) is 9.78 Å². The number of imidazole rings is 1. The van der Waals surface area contributed by atoms with Crippen molar-refractivity contribution < 1.29 is 92.3 Å². The van der Waals surface area contributed by atoms with E-state index in [1.165, 1.54) is 24.3 Å². The average molecular weight is 1630 g/mol. The maximum absolute atomic E-state index is 15.0. The van der Waals surface area contributed by atoms with Crippen molar-refractivity contribution >= 4 is 123 Å². The number of aromatic nitrogens is 3. The molecule has 0 fully saturated rings. The molecule has 2 aromatic heterocycles. The number of unbranched alkanes of at least 4 members (excludes halogenated alkanes) is 1. The lowest BCUT2D eigenvalue weighted by atomic mass is 10.0. The van der Waals surface area contributed by atoms with E-state index in [2.05, 4.69) is 89.4 Å². The Labute approximate surface area is 664 Å². The first-order chi connectivity index (χ1) is 54.6. The molecule has 0 aliphatic heterocycles. The number of fused-ring (bicyclic) bond motifs is 1. The number of hydrogen-bond acceptors (Lipinski definition) is 24. The zero-order valence-corrected chi connectivity index (χ0v) is 64.5. The number of H-pyrrole nitrogens is 2. The van der Waals surface area contributed by atoms with Gasteiger partial charge < -0.3 is 139 Å². The summed E-state index contributed by atoms with van der Waals surface area (Å²) in [6.45, 7) is 0.611. The monoisotopic (exact) mass is 1630 g/mol. The third-order valence-corrected chi connectivity index (χ3v) is 18.2. The highest BCUT2D eigenvalue weighted by Crippen LogP contribution is 2.20. The molecule has 4 aromatic rings. The van der Waals surface area contributed by atoms with Crippen molar-refractivity contribution in [3.05, 3.63) is 90.1 Å². The smallest absolute Gasteiger partial charge is 0.328 e. The molecule has 632 valence electrons. The van der Waals surface area contributed by atoms with Crippen LogP contribution in [-0.4, -0.2) is 265 Å². The second-order valence-corrected chi connectivity index (χ2v) is 27.7. The Morgan fingerprint density at radius 1 is 0.478 bits per heavy atom. The molecule has 0 bridgehead atoms. The number of nitrogens with one attached hydrogen (secondary N) is 18. The molecule has 2 heterocycles. The zero-order valence-electron chi connectivity index (χ0n) is 63.7. The molecular weight excluding hydrogens is 1530 g/mol. The third kappa shape index (κ3) is 33.6. The normalized spacial score (nSPS) is 14.7. The minimum absolute atomic E-state index is 0.00427. The number of guanidine groups is 2. The van der Waals surface area contributed by atoms with Gasteiger partial charge in [0.25, 0.3) is 0 Å². The lowest BCUT2D eigenvalue weighted by molar-refractivity contribution is -0.143. The van der Waals surface area contributed by atoms with Gasteiger partial charge in [-0.2, -0.15) is 11.8 Å². The zero-order chi connectivity index (χ0) is 85.4. The summed E-state index contributed by atoms with van der Waals surface area (Å²) in [5.74, 6) is -17.6. The number of aliphatic hydroxyl groups is 3. The highest BCUT2D eigenvalue weighted by molar-refractivity contribution is 7.98. The second-order valence-electron chi connectivity index (χ2n) is 26.7. The van der Waals surface area contributed by atoms with Crippen molar-refractivity contribution in [3.8, 4) is 0 Å². The van der Waals surface area contributed by atoms with E-state index >= 15 is 0 Å². The molecule has 45 heteroatoms. The molecule has 0 saturated heterocycles. The Kier molecular flexibility index (Phi) is 41.0. The number of amides is 14. The molecule has 2 aromatic carbocycles. The molecule has 115 heavy (non-hydrogen) atoms. The number of hydrogen-bond donors (Lipinski definition) is 28. The predicted octanol–water partition coefficient (Wildman–Crippen LogP) is -9.31. The fourth-order valence-corrected chi connectivity index (χ4v) is 12.0. The minimum Gasteiger partial charge on any atom is -0.480 e. The number of para-hydroxylation sites is 1. The number of nitrogens with two attached hydrogens (primary N) is 6. The molecule has 0 unspecified atom stereocenters. The van der Waals surface area contributed by atoms with Crippen LogP contribution in [0.5, 0.6) is 0 Å². The van der Waals surface area contributed by atoms with Crippen molar-refractivity contribution in [2.45, 2.75) is 182 Å². The highest BCUT2D eigenvalue weighted by Gasteiger charge is 2.40. The SMILES string of the molecule is CSCC[C@H](NC(=O)[C@@H](NC(=O)[C@H](CC(N)=O)NC(=O)[C@@H](NC(=O)[C@H](CCCNC(=N)N)NC(=O)[C@H](Cc1c[nH]cn1)NC(=O)[C@H](Cc1ccccc1)NC(=O)[C@H](Cc1c[nH]c2ccccc12)NC(=O)[C@H](CC(N)=O)NC(=O)CN)[C@@H](C)O)[C@@H](C)O)C(=O)N[C@@H](CCCNC(=N)N)C(=O)N[C@@H](CCCCN)C(=O)N[C@@H](CO)C(=O)O. The van der Waals surface area contributed by atoms with Gasteiger partial charge in [0.15, 0.2) is 11.9 Å². The number of carbonyl (C=O) groups is 15. The van der Waals surface area contributed by atoms with Crippen molar-refractivity contribution in [3.63, 3.8) is 0 Å². The van der Waals surface area contributed by atoms with Gasteiger partial charge >= 0.3 is 5.97 Å². The standard InChI is InChI=1S/C70H107N25O19S/c1-35(97)55(66(111)88-45(20-24-115-3)59(104)86-43(18-11-22-80-69(75)76)57(102)85-42(17-9-10-21-71)58(103)93-51(33-96)68(113)114)95-65(110)50(29-53(74)100)92-67(112)56(36(2)98)94-60(105)44(19-12-23-81-70(77)78)87-63(108)48(27-39-32-79-34-83-39)91-61(106)46(25-37-13-5-4-6-14-37)89-62(107)47(26-38-31-82-41-16-8-7-15-40(38)41)90-64(109)49(28-52(73)99)84-54(101)30-72/h4-8,13-16,31-32,34-36,42-51,55-56,82,96-98H,9-12,17-30,33,71-72H2,1-3H3,(H2,73,99)(H2,74,100)(H,79,83)(H,84,101)(H,85,102)(H,86,104)(H,87,108)(H,88,111)(H,89,107)(H,90,109)(H,91,106)(H,92,112)(H,93,103)(H,94,105)(H,95,110)(H,113,114)(H4,75,76,80)(H4,77,78,81)/t35-,36-,42+,43+,44+,45+,46+,47+,48+,49+,50+,51+,55+,56+/m1/s1. The Morgan fingerprint density at radius 2 is 0.887 bits per heavy atom. The molecule has 4 rings (SSSR count). The molecule has 34 N–H and O–H groups in total. The Balaban J connectivity index is 1.65. The van der Waals surface area contributed by atoms with E-state index in [0.29, 0.717) is 28.5 Å². The van der Waals surface area contributed by atoms with Crippen molar-refractivity contribution in [1.82, 2.24) is 89.4 Å². The number of aliphatic carboxylic acids is 1. The summed E-state index contributed by atoms with van der Waals surface area (Å²) in [6.07, 6.45) is -0.621. The number of aliphatic hydroxyl groups excluding tert-OH is 3. The van der Waals surface area contributed by atoms with Crippen LogP contribution in [-0.2, 0) is 91.2 Å². The molecule has 0 radical (unpaired) electrons. The number of carbonyl (C=O) groups excluding carboxylic acids is 14. The summed E-state index contributed by atoms with van der Waals surface area (Å²) in [7, 11) is 0. The van der Waals surface area contributed by atoms with Gasteiger partial charge in [0.1, 0.15) is 72.5 Å². The van der Waals surface area contributed by atoms with E-state index in [1.807, 2.05) is 0 Å². The molecule has 0 spiro atoms. The number of rotatable bonds is 53. The molecule has 14 atom stereocenters. The van der Waals surface area contributed by atoms with Crippen LogP contribution in [0.25, 0.3) is 10.9 Å². The molecule has 14 amide bonds. The van der Waals surface area contributed by atoms with Crippen molar-refractivity contribution in [1.29, 1.82) is 10.8 Å². The van der Waals surface area contributed by atoms with Crippen LogP contribution < -0.4 is 109 Å². The predicted molar refractivity (Wildman–Crippen MR) is 417 cm³/mol. The van der Waals surface area contributed by atoms with E-state index in [-0.39, 0.29) is 88.9 Å². The van der Waals surface area contributed by atoms with Gasteiger partial charge in [-0.15, -0.1) is 0 Å². The second kappa shape index (κ2) is 49.4. The van der Waals surface area contributed by atoms with Crippen LogP contribution in [0.2, 0.25) is 0 Å². The molecular formula is C70H107N25O19S. The van der Waals surface area contributed by atoms with Gasteiger partial charge in [-0.05, 0) is 101 Å². The van der Waals surface area contributed by atoms with Gasteiger partial charge in [-0.3, -0.25) is 77.9 Å². The largest absolute Gasteiger partial charge is 0.480 e. The summed E-state index contributed by atoms with van der Waals surface area (Å²) >= 11 is 1.22. The van der Waals surface area contributed by atoms with E-state index < -0.39 is 218 Å².